The topological polar surface area (TPSA) is 37.8 Å². The van der Waals surface area contributed by atoms with Gasteiger partial charge in [-0.3, -0.25) is 0 Å². The molecule has 1 rings (SSSR count). The van der Waals surface area contributed by atoms with Crippen LogP contribution in [0.1, 0.15) is 19.4 Å². The van der Waals surface area contributed by atoms with Gasteiger partial charge in [0.15, 0.2) is 0 Å². The maximum Gasteiger partial charge on any atom is 0.0541 e. The second-order valence-corrected chi connectivity index (χ2v) is 2.79. The number of nitrogens with one attached hydrogen (secondary N) is 1. The second-order valence-electron chi connectivity index (χ2n) is 2.79. The zero-order chi connectivity index (χ0) is 8.10. The first-order chi connectivity index (χ1) is 5.29. The Labute approximate surface area is 66.8 Å². The Hall–Kier alpha value is -0.960. The van der Waals surface area contributed by atoms with Gasteiger partial charge in [0.25, 0.3) is 0 Å². The second kappa shape index (κ2) is 4.03. The Morgan fingerprint density at radius 2 is 2.27 bits per heavy atom. The molecular weight excluding hydrogens is 138 g/mol. The minimum Gasteiger partial charge on any atom is -0.310 e. The lowest BCUT2D eigenvalue weighted by Gasteiger charge is -2.06. The van der Waals surface area contributed by atoms with E-state index in [2.05, 4.69) is 29.4 Å². The van der Waals surface area contributed by atoms with Crippen molar-refractivity contribution < 1.29 is 0 Å². The molecule has 0 fully saturated rings. The van der Waals surface area contributed by atoms with E-state index in [0.29, 0.717) is 6.04 Å². The molecule has 0 aliphatic rings. The Bertz CT molecular complexity index is 196. The third-order valence-electron chi connectivity index (χ3n) is 1.36. The van der Waals surface area contributed by atoms with E-state index in [4.69, 9.17) is 0 Å². The smallest absolute Gasteiger partial charge is 0.0541 e. The summed E-state index contributed by atoms with van der Waals surface area (Å²) in [6.07, 6.45) is 3.48. The third-order valence-corrected chi connectivity index (χ3v) is 1.36. The van der Waals surface area contributed by atoms with Crippen molar-refractivity contribution in [3.63, 3.8) is 0 Å². The monoisotopic (exact) mass is 151 g/mol. The van der Waals surface area contributed by atoms with E-state index in [0.717, 1.165) is 6.54 Å². The highest BCUT2D eigenvalue weighted by Crippen LogP contribution is 1.93. The van der Waals surface area contributed by atoms with E-state index < -0.39 is 0 Å². The van der Waals surface area contributed by atoms with Crippen LogP contribution in [0.5, 0.6) is 0 Å². The van der Waals surface area contributed by atoms with Crippen LogP contribution in [-0.2, 0) is 6.54 Å². The van der Waals surface area contributed by atoms with E-state index >= 15 is 0 Å². The number of aromatic nitrogens is 2. The molecule has 0 spiro atoms. The highest BCUT2D eigenvalue weighted by molar-refractivity contribution is 5.04. The predicted octanol–water partition coefficient (Wildman–Crippen LogP) is 0.975. The van der Waals surface area contributed by atoms with Gasteiger partial charge in [-0.2, -0.15) is 10.2 Å². The van der Waals surface area contributed by atoms with E-state index in [9.17, 15) is 0 Å². The molecule has 3 heteroatoms. The summed E-state index contributed by atoms with van der Waals surface area (Å²) in [5.74, 6) is 0. The zero-order valence-electron chi connectivity index (χ0n) is 6.91. The largest absolute Gasteiger partial charge is 0.310 e. The quantitative estimate of drug-likeness (QED) is 0.699. The molecule has 11 heavy (non-hydrogen) atoms. The summed E-state index contributed by atoms with van der Waals surface area (Å²) in [6.45, 7) is 5.11. The van der Waals surface area contributed by atoms with Gasteiger partial charge in [0.05, 0.1) is 6.20 Å². The van der Waals surface area contributed by atoms with Gasteiger partial charge < -0.3 is 5.32 Å². The summed E-state index contributed by atoms with van der Waals surface area (Å²) in [5.41, 5.74) is 1.17. The fraction of sp³-hybridized carbons (Fsp3) is 0.500. The van der Waals surface area contributed by atoms with Crippen LogP contribution < -0.4 is 5.32 Å². The highest BCUT2D eigenvalue weighted by atomic mass is 15.1. The molecule has 0 saturated heterocycles. The Morgan fingerprint density at radius 1 is 1.45 bits per heavy atom. The fourth-order valence-corrected chi connectivity index (χ4v) is 0.745. The van der Waals surface area contributed by atoms with Crippen molar-refractivity contribution in [3.8, 4) is 0 Å². The Balaban J connectivity index is 2.39. The molecule has 1 aromatic rings. The van der Waals surface area contributed by atoms with Crippen molar-refractivity contribution >= 4 is 0 Å². The number of rotatable bonds is 3. The molecule has 0 saturated carbocycles. The van der Waals surface area contributed by atoms with E-state index in [1.165, 1.54) is 5.56 Å². The first kappa shape index (κ1) is 8.14. The summed E-state index contributed by atoms with van der Waals surface area (Å²) in [4.78, 5) is 0. The van der Waals surface area contributed by atoms with Crippen LogP contribution in [0.3, 0.4) is 0 Å². The SMILES string of the molecule is CC(C)NCc1ccnnc1. The van der Waals surface area contributed by atoms with Gasteiger partial charge in [-0.05, 0) is 11.6 Å². The normalized spacial score (nSPS) is 10.5. The Kier molecular flexibility index (Phi) is 2.98. The van der Waals surface area contributed by atoms with Crippen LogP contribution in [0, 0.1) is 0 Å². The lowest BCUT2D eigenvalue weighted by Crippen LogP contribution is -2.21. The highest BCUT2D eigenvalue weighted by Gasteiger charge is 1.93. The van der Waals surface area contributed by atoms with Crippen LogP contribution >= 0.6 is 0 Å². The van der Waals surface area contributed by atoms with E-state index in [1.807, 2.05) is 6.07 Å². The van der Waals surface area contributed by atoms with E-state index in [-0.39, 0.29) is 0 Å². The molecule has 1 aromatic heterocycles. The molecule has 1 heterocycles. The first-order valence-electron chi connectivity index (χ1n) is 3.78. The van der Waals surface area contributed by atoms with Crippen molar-refractivity contribution in [1.29, 1.82) is 0 Å². The number of hydrogen-bond donors (Lipinski definition) is 1. The van der Waals surface area contributed by atoms with Crippen LogP contribution in [0.15, 0.2) is 18.5 Å². The molecule has 0 bridgehead atoms. The summed E-state index contributed by atoms with van der Waals surface area (Å²) >= 11 is 0. The standard InChI is InChI=1S/C8H13N3/c1-7(2)9-5-8-3-4-10-11-6-8/h3-4,6-7,9H,5H2,1-2H3. The molecule has 0 aliphatic carbocycles. The average Bonchev–Trinajstić information content (AvgIpc) is 2.03. The summed E-state index contributed by atoms with van der Waals surface area (Å²) in [5, 5.41) is 10.8. The summed E-state index contributed by atoms with van der Waals surface area (Å²) < 4.78 is 0. The average molecular weight is 151 g/mol. The van der Waals surface area contributed by atoms with Gasteiger partial charge in [-0.15, -0.1) is 0 Å². The molecule has 3 nitrogen and oxygen atoms in total. The van der Waals surface area contributed by atoms with Gasteiger partial charge in [0.2, 0.25) is 0 Å². The van der Waals surface area contributed by atoms with Crippen molar-refractivity contribution in [3.05, 3.63) is 24.0 Å². The lowest BCUT2D eigenvalue weighted by molar-refractivity contribution is 0.587. The Morgan fingerprint density at radius 3 is 2.82 bits per heavy atom. The molecule has 0 unspecified atom stereocenters. The van der Waals surface area contributed by atoms with Crippen molar-refractivity contribution in [2.24, 2.45) is 0 Å². The first-order valence-corrected chi connectivity index (χ1v) is 3.78. The van der Waals surface area contributed by atoms with Crippen LogP contribution in [-0.4, -0.2) is 16.2 Å². The molecule has 0 radical (unpaired) electrons. The summed E-state index contributed by atoms with van der Waals surface area (Å²) in [6, 6.07) is 2.48. The van der Waals surface area contributed by atoms with Crippen molar-refractivity contribution in [2.45, 2.75) is 26.4 Å². The molecule has 0 aromatic carbocycles. The van der Waals surface area contributed by atoms with Crippen molar-refractivity contribution in [2.75, 3.05) is 0 Å². The molecule has 0 atom stereocenters. The van der Waals surface area contributed by atoms with Crippen LogP contribution in [0.2, 0.25) is 0 Å². The maximum absolute atomic E-state index is 3.77. The van der Waals surface area contributed by atoms with Gasteiger partial charge in [0, 0.05) is 18.8 Å². The lowest BCUT2D eigenvalue weighted by atomic mass is 10.3. The van der Waals surface area contributed by atoms with Gasteiger partial charge in [0.1, 0.15) is 0 Å². The minimum atomic E-state index is 0.517. The molecule has 60 valence electrons. The minimum absolute atomic E-state index is 0.517. The van der Waals surface area contributed by atoms with Crippen molar-refractivity contribution in [1.82, 2.24) is 15.5 Å². The fourth-order valence-electron chi connectivity index (χ4n) is 0.745. The maximum atomic E-state index is 3.77. The zero-order valence-corrected chi connectivity index (χ0v) is 6.91. The van der Waals surface area contributed by atoms with Gasteiger partial charge >= 0.3 is 0 Å². The van der Waals surface area contributed by atoms with Gasteiger partial charge in [-0.1, -0.05) is 13.8 Å². The predicted molar refractivity (Wildman–Crippen MR) is 44.0 cm³/mol. The summed E-state index contributed by atoms with van der Waals surface area (Å²) in [7, 11) is 0. The number of nitrogens with zero attached hydrogens (tertiary/aromatic N) is 2. The van der Waals surface area contributed by atoms with E-state index in [1.54, 1.807) is 12.4 Å². The molecule has 0 aliphatic heterocycles. The van der Waals surface area contributed by atoms with Gasteiger partial charge in [-0.25, -0.2) is 0 Å². The third kappa shape index (κ3) is 3.09. The molecule has 1 N–H and O–H groups in total. The molecule has 0 amide bonds. The van der Waals surface area contributed by atoms with Crippen LogP contribution in [0.4, 0.5) is 0 Å². The number of hydrogen-bond acceptors (Lipinski definition) is 3. The van der Waals surface area contributed by atoms with Crippen LogP contribution in [0.25, 0.3) is 0 Å². The molecular formula is C8H13N3.